The van der Waals surface area contributed by atoms with Gasteiger partial charge in [-0.05, 0) is 32.0 Å². The molecule has 5 heteroatoms. The predicted molar refractivity (Wildman–Crippen MR) is 93.3 cm³/mol. The fourth-order valence-corrected chi connectivity index (χ4v) is 3.10. The number of hydrogen-bond donors (Lipinski definition) is 2. The molecular formula is C17H31N5. The van der Waals surface area contributed by atoms with E-state index < -0.39 is 0 Å². The average molecular weight is 305 g/mol. The van der Waals surface area contributed by atoms with Crippen LogP contribution in [-0.2, 0) is 6.54 Å². The van der Waals surface area contributed by atoms with Crippen molar-refractivity contribution >= 4 is 5.96 Å². The molecule has 0 unspecified atom stereocenters. The summed E-state index contributed by atoms with van der Waals surface area (Å²) in [6, 6.07) is 4.88. The molecule has 2 N–H and O–H groups in total. The maximum absolute atomic E-state index is 4.28. The van der Waals surface area contributed by atoms with E-state index in [1.165, 1.54) is 32.1 Å². The number of nitrogens with one attached hydrogen (secondary N) is 2. The highest BCUT2D eigenvalue weighted by molar-refractivity contribution is 5.79. The van der Waals surface area contributed by atoms with Gasteiger partial charge in [0.2, 0.25) is 0 Å². The summed E-state index contributed by atoms with van der Waals surface area (Å²) in [6.45, 7) is 3.85. The largest absolute Gasteiger partial charge is 0.355 e. The van der Waals surface area contributed by atoms with Crippen molar-refractivity contribution < 1.29 is 0 Å². The summed E-state index contributed by atoms with van der Waals surface area (Å²) in [4.78, 5) is 6.78. The third-order valence-corrected chi connectivity index (χ3v) is 4.51. The van der Waals surface area contributed by atoms with E-state index >= 15 is 0 Å². The van der Waals surface area contributed by atoms with Gasteiger partial charge < -0.3 is 20.1 Å². The molecule has 1 aliphatic rings. The second-order valence-corrected chi connectivity index (χ2v) is 6.12. The lowest BCUT2D eigenvalue weighted by Crippen LogP contribution is -2.44. The average Bonchev–Trinajstić information content (AvgIpc) is 3.07. The Morgan fingerprint density at radius 3 is 2.50 bits per heavy atom. The van der Waals surface area contributed by atoms with Gasteiger partial charge in [0.1, 0.15) is 0 Å². The molecule has 22 heavy (non-hydrogen) atoms. The monoisotopic (exact) mass is 305 g/mol. The first-order valence-electron chi connectivity index (χ1n) is 8.55. The SMILES string of the molecule is CN=C(NCCN(C)C1CCCCC1)NCCn1cccc1. The highest BCUT2D eigenvalue weighted by Crippen LogP contribution is 2.21. The second kappa shape index (κ2) is 9.51. The van der Waals surface area contributed by atoms with Crippen LogP contribution in [0.2, 0.25) is 0 Å². The Labute approximate surface area is 134 Å². The Hall–Kier alpha value is -1.49. The molecule has 0 aromatic carbocycles. The molecular weight excluding hydrogens is 274 g/mol. The van der Waals surface area contributed by atoms with Crippen molar-refractivity contribution in [3.63, 3.8) is 0 Å². The van der Waals surface area contributed by atoms with Crippen LogP contribution in [0, 0.1) is 0 Å². The van der Waals surface area contributed by atoms with Crippen LogP contribution in [0.25, 0.3) is 0 Å². The van der Waals surface area contributed by atoms with Gasteiger partial charge in [-0.1, -0.05) is 19.3 Å². The van der Waals surface area contributed by atoms with Gasteiger partial charge in [0.05, 0.1) is 0 Å². The molecule has 0 radical (unpaired) electrons. The molecule has 124 valence electrons. The van der Waals surface area contributed by atoms with Gasteiger partial charge in [-0.25, -0.2) is 0 Å². The first-order chi connectivity index (χ1) is 10.8. The molecule has 0 aliphatic heterocycles. The molecule has 0 saturated heterocycles. The minimum atomic E-state index is 0.777. The van der Waals surface area contributed by atoms with E-state index in [0.29, 0.717) is 0 Å². The first-order valence-corrected chi connectivity index (χ1v) is 8.55. The van der Waals surface area contributed by atoms with Crippen molar-refractivity contribution in [2.24, 2.45) is 4.99 Å². The summed E-state index contributed by atoms with van der Waals surface area (Å²) in [7, 11) is 4.08. The van der Waals surface area contributed by atoms with Gasteiger partial charge in [0, 0.05) is 51.7 Å². The topological polar surface area (TPSA) is 44.6 Å². The minimum Gasteiger partial charge on any atom is -0.355 e. The molecule has 1 aromatic heterocycles. The lowest BCUT2D eigenvalue weighted by Gasteiger charge is -2.31. The lowest BCUT2D eigenvalue weighted by molar-refractivity contribution is 0.194. The summed E-state index contributed by atoms with van der Waals surface area (Å²) in [5.41, 5.74) is 0. The summed E-state index contributed by atoms with van der Waals surface area (Å²) in [5, 5.41) is 6.77. The lowest BCUT2D eigenvalue weighted by atomic mass is 9.94. The van der Waals surface area contributed by atoms with E-state index in [0.717, 1.165) is 38.2 Å². The second-order valence-electron chi connectivity index (χ2n) is 6.12. The summed E-state index contributed by atoms with van der Waals surface area (Å²) >= 11 is 0. The van der Waals surface area contributed by atoms with Crippen LogP contribution in [0.4, 0.5) is 0 Å². The summed E-state index contributed by atoms with van der Waals surface area (Å²) in [6.07, 6.45) is 11.1. The van der Waals surface area contributed by atoms with Gasteiger partial charge in [0.25, 0.3) is 0 Å². The van der Waals surface area contributed by atoms with Crippen molar-refractivity contribution in [2.45, 2.75) is 44.7 Å². The van der Waals surface area contributed by atoms with Gasteiger partial charge in [-0.2, -0.15) is 0 Å². The van der Waals surface area contributed by atoms with Crippen LogP contribution in [0.15, 0.2) is 29.5 Å². The van der Waals surface area contributed by atoms with Crippen LogP contribution in [0.5, 0.6) is 0 Å². The Balaban J connectivity index is 1.59. The van der Waals surface area contributed by atoms with Crippen molar-refractivity contribution in [1.82, 2.24) is 20.1 Å². The van der Waals surface area contributed by atoms with Gasteiger partial charge in [-0.15, -0.1) is 0 Å². The number of nitrogens with zero attached hydrogens (tertiary/aromatic N) is 3. The van der Waals surface area contributed by atoms with Crippen LogP contribution in [0.3, 0.4) is 0 Å². The van der Waals surface area contributed by atoms with Crippen molar-refractivity contribution in [2.75, 3.05) is 33.7 Å². The number of aliphatic imine (C=N–C) groups is 1. The maximum atomic E-state index is 4.28. The molecule has 1 fully saturated rings. The number of hydrogen-bond acceptors (Lipinski definition) is 2. The third-order valence-electron chi connectivity index (χ3n) is 4.51. The van der Waals surface area contributed by atoms with Crippen molar-refractivity contribution in [3.8, 4) is 0 Å². The van der Waals surface area contributed by atoms with Crippen LogP contribution < -0.4 is 10.6 Å². The molecule has 0 bridgehead atoms. The number of rotatable bonds is 7. The molecule has 1 aromatic rings. The summed E-state index contributed by atoms with van der Waals surface area (Å²) < 4.78 is 2.16. The van der Waals surface area contributed by atoms with E-state index in [-0.39, 0.29) is 0 Å². The van der Waals surface area contributed by atoms with Crippen molar-refractivity contribution in [3.05, 3.63) is 24.5 Å². The molecule has 1 saturated carbocycles. The number of guanidine groups is 1. The normalized spacial score (nSPS) is 17.0. The quantitative estimate of drug-likeness (QED) is 0.597. The minimum absolute atomic E-state index is 0.777. The number of aromatic nitrogens is 1. The van der Waals surface area contributed by atoms with E-state index in [1.807, 2.05) is 19.2 Å². The zero-order valence-electron chi connectivity index (χ0n) is 14.1. The highest BCUT2D eigenvalue weighted by Gasteiger charge is 2.17. The first kappa shape index (κ1) is 16.9. The Kier molecular flexibility index (Phi) is 7.30. The zero-order valence-corrected chi connectivity index (χ0v) is 14.1. The van der Waals surface area contributed by atoms with E-state index in [2.05, 4.69) is 44.5 Å². The number of likely N-dealkylation sites (N-methyl/N-ethyl adjacent to an activating group) is 1. The van der Waals surface area contributed by atoms with Gasteiger partial charge in [0.15, 0.2) is 5.96 Å². The Bertz CT molecular complexity index is 420. The predicted octanol–water partition coefficient (Wildman–Crippen LogP) is 1.92. The zero-order chi connectivity index (χ0) is 15.6. The molecule has 5 nitrogen and oxygen atoms in total. The summed E-state index contributed by atoms with van der Waals surface area (Å²) in [5.74, 6) is 0.893. The fourth-order valence-electron chi connectivity index (χ4n) is 3.10. The maximum Gasteiger partial charge on any atom is 0.191 e. The van der Waals surface area contributed by atoms with Crippen molar-refractivity contribution in [1.29, 1.82) is 0 Å². The van der Waals surface area contributed by atoms with Crippen LogP contribution in [-0.4, -0.2) is 55.2 Å². The van der Waals surface area contributed by atoms with Gasteiger partial charge in [-0.3, -0.25) is 4.99 Å². The molecule has 1 heterocycles. The Morgan fingerprint density at radius 2 is 1.82 bits per heavy atom. The fraction of sp³-hybridized carbons (Fsp3) is 0.706. The molecule has 0 amide bonds. The van der Waals surface area contributed by atoms with E-state index in [1.54, 1.807) is 0 Å². The Morgan fingerprint density at radius 1 is 1.14 bits per heavy atom. The standard InChI is InChI=1S/C17H31N5/c1-18-17(20-11-15-22-12-6-7-13-22)19-10-14-21(2)16-8-4-3-5-9-16/h6-7,12-13,16H,3-5,8-11,14-15H2,1-2H3,(H2,18,19,20). The van der Waals surface area contributed by atoms with E-state index in [4.69, 9.17) is 0 Å². The van der Waals surface area contributed by atoms with Crippen LogP contribution in [0.1, 0.15) is 32.1 Å². The smallest absolute Gasteiger partial charge is 0.191 e. The molecule has 0 atom stereocenters. The molecule has 0 spiro atoms. The third kappa shape index (κ3) is 5.72. The van der Waals surface area contributed by atoms with Gasteiger partial charge >= 0.3 is 0 Å². The molecule has 1 aliphatic carbocycles. The van der Waals surface area contributed by atoms with E-state index in [9.17, 15) is 0 Å². The molecule has 2 rings (SSSR count). The van der Waals surface area contributed by atoms with Crippen LogP contribution >= 0.6 is 0 Å². The highest BCUT2D eigenvalue weighted by atomic mass is 15.2.